The van der Waals surface area contributed by atoms with Crippen molar-refractivity contribution in [2.45, 2.75) is 79.1 Å². The monoisotopic (exact) mass is 856 g/mol. The van der Waals surface area contributed by atoms with Crippen LogP contribution in [0.4, 0.5) is 0 Å². The maximum absolute atomic E-state index is 3.69. The Morgan fingerprint density at radius 2 is 1.28 bits per heavy atom. The average molecular weight is 861 g/mol. The van der Waals surface area contributed by atoms with Crippen molar-refractivity contribution < 1.29 is 24.2 Å². The molecule has 0 amide bonds. The minimum atomic E-state index is 0. The van der Waals surface area contributed by atoms with E-state index in [9.17, 15) is 0 Å². The summed E-state index contributed by atoms with van der Waals surface area (Å²) in [5, 5.41) is 0. The molecule has 0 bridgehead atoms. The van der Waals surface area contributed by atoms with Crippen molar-refractivity contribution in [3.63, 3.8) is 0 Å². The van der Waals surface area contributed by atoms with Crippen molar-refractivity contribution in [2.75, 3.05) is 0 Å². The van der Waals surface area contributed by atoms with E-state index in [1.54, 1.807) is 0 Å². The second kappa shape index (κ2) is 21.6. The van der Waals surface area contributed by atoms with E-state index in [0.29, 0.717) is 0 Å². The third-order valence-electron chi connectivity index (χ3n) is 7.00. The second-order valence-corrected chi connectivity index (χ2v) is 14.5. The summed E-state index contributed by atoms with van der Waals surface area (Å²) < 4.78 is 5.50. The van der Waals surface area contributed by atoms with E-state index >= 15 is 0 Å². The van der Waals surface area contributed by atoms with Gasteiger partial charge in [0.05, 0.1) is 0 Å². The molecule has 0 spiro atoms. The summed E-state index contributed by atoms with van der Waals surface area (Å²) in [6, 6.07) is 32.1. The summed E-state index contributed by atoms with van der Waals surface area (Å²) in [6.45, 7) is 18.2. The number of rotatable bonds is 0. The molecule has 0 heterocycles. The number of halogens is 4. The molecule has 0 atom stereocenters. The van der Waals surface area contributed by atoms with Gasteiger partial charge in [0.1, 0.15) is 0 Å². The molecular formula is C41H46Br2Cl2Zr-4. The van der Waals surface area contributed by atoms with Crippen LogP contribution in [-0.4, -0.2) is 4.21 Å². The van der Waals surface area contributed by atoms with E-state index in [1.807, 2.05) is 60.7 Å². The van der Waals surface area contributed by atoms with Gasteiger partial charge in [0, 0.05) is 0 Å². The zero-order chi connectivity index (χ0) is 32.9. The maximum atomic E-state index is 3.69. The zero-order valence-corrected chi connectivity index (χ0v) is 35.5. The molecule has 0 saturated carbocycles. The van der Waals surface area contributed by atoms with Crippen LogP contribution in [0.5, 0.6) is 0 Å². The molecule has 0 nitrogen and oxygen atoms in total. The Morgan fingerprint density at radius 3 is 1.63 bits per heavy atom. The van der Waals surface area contributed by atoms with Gasteiger partial charge in [-0.15, -0.1) is 79.8 Å². The number of allylic oxidation sites excluding steroid dienone is 4. The fourth-order valence-electron chi connectivity index (χ4n) is 5.11. The number of aryl methyl sites for hydroxylation is 2. The molecule has 4 aromatic rings. The van der Waals surface area contributed by atoms with Crippen LogP contribution in [-0.2, 0) is 41.5 Å². The van der Waals surface area contributed by atoms with Gasteiger partial charge in [-0.3, -0.25) is 6.08 Å². The Hall–Kier alpha value is -1.35. The standard InChI is InChI=1S/C23H29.2C6H4Br.C5H5.CH2.2ClH.Zr/c1-14-9-16-11-17-10-15(2)21(23(6,7)8)13-19(17)18(16)12-20(14)22(3,4)5;2*7-6-4-2-1-3-5-6;1-2-4-5-3-1;;;;/h9,12-13H,11H2,1-8H3;2*1-2,4-5H;1-3H,4H2;1H2;2*1H;/q4*-1;;;;. The predicted molar refractivity (Wildman–Crippen MR) is 210 cm³/mol. The normalized spacial score (nSPS) is 11.6. The van der Waals surface area contributed by atoms with Crippen LogP contribution in [0.25, 0.3) is 11.1 Å². The fraction of sp³-hybridized carbons (Fsp3) is 0.293. The third-order valence-corrected chi connectivity index (χ3v) is 7.99. The molecule has 0 aliphatic heterocycles. The van der Waals surface area contributed by atoms with Gasteiger partial charge < -0.3 is 0 Å². The Bertz CT molecular complexity index is 1420. The first-order chi connectivity index (χ1) is 20.8. The SMILES string of the molecule is Brc1c[c-]ccc1.Brc1c[c-]ccc1.Cc1[c-]c2c(cc1C(C)(C)C)-c1cc(C(C)(C)C)c(C)cc1C2.Cl.Cl.[C-]1=CC=CC1.[CH2]=[Zr]. The van der Waals surface area contributed by atoms with Crippen LogP contribution in [0.15, 0.2) is 93.9 Å². The van der Waals surface area contributed by atoms with Gasteiger partial charge in [0.2, 0.25) is 0 Å². The number of hydrogen-bond donors (Lipinski definition) is 0. The summed E-state index contributed by atoms with van der Waals surface area (Å²) in [7, 11) is 0. The van der Waals surface area contributed by atoms with Crippen LogP contribution in [0.3, 0.4) is 0 Å². The van der Waals surface area contributed by atoms with Crippen molar-refractivity contribution in [3.8, 4) is 11.1 Å². The molecular weight excluding hydrogens is 814 g/mol. The van der Waals surface area contributed by atoms with Crippen molar-refractivity contribution in [1.82, 2.24) is 0 Å². The topological polar surface area (TPSA) is 0 Å². The van der Waals surface area contributed by atoms with Crippen LogP contribution in [0.2, 0.25) is 0 Å². The molecule has 0 radical (unpaired) electrons. The quantitative estimate of drug-likeness (QED) is 0.136. The second-order valence-electron chi connectivity index (χ2n) is 12.6. The first-order valence-corrected chi connectivity index (χ1v) is 18.1. The molecule has 2 aliphatic rings. The van der Waals surface area contributed by atoms with Gasteiger partial charge >= 0.3 is 28.4 Å². The summed E-state index contributed by atoms with van der Waals surface area (Å²) in [4.78, 5) is 0. The van der Waals surface area contributed by atoms with Gasteiger partial charge in [-0.2, -0.15) is 84.4 Å². The summed E-state index contributed by atoms with van der Waals surface area (Å²) in [5.74, 6) is 0. The minimum absolute atomic E-state index is 0. The van der Waals surface area contributed by atoms with E-state index < -0.39 is 0 Å². The van der Waals surface area contributed by atoms with Gasteiger partial charge in [0.25, 0.3) is 0 Å². The van der Waals surface area contributed by atoms with Crippen LogP contribution in [0, 0.1) is 38.1 Å². The number of fused-ring (bicyclic) bond motifs is 3. The molecule has 0 saturated heterocycles. The first kappa shape index (κ1) is 44.7. The van der Waals surface area contributed by atoms with Crippen molar-refractivity contribution >= 4 is 60.9 Å². The number of hydrogen-bond acceptors (Lipinski definition) is 0. The summed E-state index contributed by atoms with van der Waals surface area (Å²) in [5.41, 5.74) is 11.6. The van der Waals surface area contributed by atoms with Crippen molar-refractivity contribution in [1.29, 1.82) is 0 Å². The van der Waals surface area contributed by atoms with E-state index in [4.69, 9.17) is 0 Å². The fourth-order valence-corrected chi connectivity index (χ4v) is 5.68. The molecule has 4 aromatic carbocycles. The van der Waals surface area contributed by atoms with Crippen molar-refractivity contribution in [2.24, 2.45) is 0 Å². The van der Waals surface area contributed by atoms with Gasteiger partial charge in [-0.05, 0) is 35.4 Å². The molecule has 5 heteroatoms. The van der Waals surface area contributed by atoms with E-state index in [1.165, 1.54) is 68.7 Å². The van der Waals surface area contributed by atoms with Crippen LogP contribution >= 0.6 is 56.7 Å². The van der Waals surface area contributed by atoms with Gasteiger partial charge in [0.15, 0.2) is 0 Å². The zero-order valence-electron chi connectivity index (χ0n) is 28.3. The average Bonchev–Trinajstić information content (AvgIpc) is 3.65. The first-order valence-electron chi connectivity index (χ1n) is 14.8. The summed E-state index contributed by atoms with van der Waals surface area (Å²) >= 11 is 7.86. The van der Waals surface area contributed by atoms with Crippen LogP contribution in [0.1, 0.15) is 81.3 Å². The Labute approximate surface area is 324 Å². The molecule has 6 rings (SSSR count). The van der Waals surface area contributed by atoms with E-state index in [2.05, 4.69) is 140 Å². The molecule has 0 aromatic heterocycles. The molecule has 2 aliphatic carbocycles. The predicted octanol–water partition coefficient (Wildman–Crippen LogP) is 12.9. The molecule has 246 valence electrons. The summed E-state index contributed by atoms with van der Waals surface area (Å²) in [6.07, 6.45) is 11.0. The molecule has 0 N–H and O–H groups in total. The molecule has 46 heavy (non-hydrogen) atoms. The molecule has 0 fully saturated rings. The van der Waals surface area contributed by atoms with E-state index in [0.717, 1.165) is 21.8 Å². The van der Waals surface area contributed by atoms with Crippen LogP contribution < -0.4 is 0 Å². The Kier molecular flexibility index (Phi) is 21.0. The number of benzene rings is 4. The van der Waals surface area contributed by atoms with Gasteiger partial charge in [-0.1, -0.05) is 80.5 Å². The Balaban J connectivity index is 0.000000716. The molecule has 0 unspecified atom stereocenters. The third kappa shape index (κ3) is 14.4. The Morgan fingerprint density at radius 1 is 0.761 bits per heavy atom. The van der Waals surface area contributed by atoms with E-state index in [-0.39, 0.29) is 35.6 Å². The van der Waals surface area contributed by atoms with Crippen molar-refractivity contribution in [3.05, 3.63) is 152 Å². The van der Waals surface area contributed by atoms with Gasteiger partial charge in [-0.25, -0.2) is 12.2 Å².